The van der Waals surface area contributed by atoms with Crippen LogP contribution in [0.5, 0.6) is 0 Å². The topological polar surface area (TPSA) is 214 Å². The molecule has 5 atom stereocenters. The highest BCUT2D eigenvalue weighted by Gasteiger charge is 2.33. The molecular formula is C17H31N5O7. The van der Waals surface area contributed by atoms with Crippen molar-refractivity contribution in [1.82, 2.24) is 16.0 Å². The Bertz CT molecular complexity index is 611. The van der Waals surface area contributed by atoms with E-state index in [9.17, 15) is 34.2 Å². The summed E-state index contributed by atoms with van der Waals surface area (Å²) in [4.78, 5) is 58.8. The minimum atomic E-state index is -1.49. The van der Waals surface area contributed by atoms with Crippen LogP contribution in [0, 0.1) is 5.92 Å². The Labute approximate surface area is 168 Å². The van der Waals surface area contributed by atoms with Gasteiger partial charge in [0.05, 0.1) is 12.6 Å². The zero-order valence-electron chi connectivity index (χ0n) is 16.8. The van der Waals surface area contributed by atoms with Gasteiger partial charge in [-0.15, -0.1) is 0 Å². The summed E-state index contributed by atoms with van der Waals surface area (Å²) in [5, 5.41) is 26.0. The second kappa shape index (κ2) is 12.7. The smallest absolute Gasteiger partial charge is 0.326 e. The molecule has 0 aromatic carbocycles. The summed E-state index contributed by atoms with van der Waals surface area (Å²) in [6.07, 6.45) is -1.36. The van der Waals surface area contributed by atoms with Crippen molar-refractivity contribution in [2.75, 3.05) is 6.54 Å². The minimum Gasteiger partial charge on any atom is -0.480 e. The van der Waals surface area contributed by atoms with Crippen LogP contribution in [-0.2, 0) is 24.0 Å². The van der Waals surface area contributed by atoms with E-state index in [2.05, 4.69) is 16.0 Å². The first-order valence-electron chi connectivity index (χ1n) is 9.23. The first-order chi connectivity index (χ1) is 13.4. The first-order valence-corrected chi connectivity index (χ1v) is 9.23. The van der Waals surface area contributed by atoms with Gasteiger partial charge in [0.2, 0.25) is 23.6 Å². The fraction of sp³-hybridized carbons (Fsp3) is 0.706. The van der Waals surface area contributed by atoms with Crippen molar-refractivity contribution in [2.45, 2.75) is 64.3 Å². The molecule has 0 bridgehead atoms. The first kappa shape index (κ1) is 26.3. The lowest BCUT2D eigenvalue weighted by atomic mass is 9.97. The highest BCUT2D eigenvalue weighted by molar-refractivity contribution is 5.94. The van der Waals surface area contributed by atoms with E-state index >= 15 is 0 Å². The van der Waals surface area contributed by atoms with Crippen molar-refractivity contribution < 1.29 is 34.2 Å². The fourth-order valence-corrected chi connectivity index (χ4v) is 2.39. The molecule has 29 heavy (non-hydrogen) atoms. The lowest BCUT2D eigenvalue weighted by Gasteiger charge is -2.28. The molecule has 12 nitrogen and oxygen atoms in total. The second-order valence-corrected chi connectivity index (χ2v) is 6.77. The van der Waals surface area contributed by atoms with Crippen LogP contribution in [0.1, 0.15) is 40.0 Å². The van der Waals surface area contributed by atoms with Crippen LogP contribution >= 0.6 is 0 Å². The minimum absolute atomic E-state index is 0.251. The number of carbonyl (C=O) groups is 5. The molecule has 5 unspecified atom stereocenters. The van der Waals surface area contributed by atoms with Gasteiger partial charge >= 0.3 is 5.97 Å². The van der Waals surface area contributed by atoms with Gasteiger partial charge in [0.25, 0.3) is 0 Å². The average Bonchev–Trinajstić information content (AvgIpc) is 2.65. The number of nitrogens with one attached hydrogen (secondary N) is 3. The molecule has 0 aliphatic carbocycles. The fourth-order valence-electron chi connectivity index (χ4n) is 2.39. The van der Waals surface area contributed by atoms with Gasteiger partial charge in [0.1, 0.15) is 18.1 Å². The zero-order valence-corrected chi connectivity index (χ0v) is 16.8. The Hall–Kier alpha value is -2.73. The van der Waals surface area contributed by atoms with Gasteiger partial charge in [-0.3, -0.25) is 19.2 Å². The van der Waals surface area contributed by atoms with Crippen molar-refractivity contribution in [1.29, 1.82) is 0 Å². The molecule has 0 radical (unpaired) electrons. The number of aliphatic hydroxyl groups is 1. The summed E-state index contributed by atoms with van der Waals surface area (Å²) < 4.78 is 0. The lowest BCUT2D eigenvalue weighted by molar-refractivity contribution is -0.143. The predicted molar refractivity (Wildman–Crippen MR) is 102 cm³/mol. The van der Waals surface area contributed by atoms with E-state index in [1.807, 2.05) is 0 Å². The number of carbonyl (C=O) groups excluding carboxylic acids is 4. The number of aliphatic hydroxyl groups excluding tert-OH is 1. The zero-order chi connectivity index (χ0) is 22.7. The van der Waals surface area contributed by atoms with Gasteiger partial charge in [0.15, 0.2) is 0 Å². The van der Waals surface area contributed by atoms with Crippen LogP contribution in [0.2, 0.25) is 0 Å². The molecule has 9 N–H and O–H groups in total. The third-order valence-corrected chi connectivity index (χ3v) is 4.35. The van der Waals surface area contributed by atoms with Crippen molar-refractivity contribution in [2.24, 2.45) is 17.4 Å². The van der Waals surface area contributed by atoms with Gasteiger partial charge < -0.3 is 37.6 Å². The summed E-state index contributed by atoms with van der Waals surface area (Å²) >= 11 is 0. The van der Waals surface area contributed by atoms with Gasteiger partial charge in [-0.25, -0.2) is 4.79 Å². The number of amides is 4. The number of carboxylic acid groups (broad SMARTS) is 1. The van der Waals surface area contributed by atoms with Crippen molar-refractivity contribution in [3.8, 4) is 0 Å². The van der Waals surface area contributed by atoms with Gasteiger partial charge in [-0.05, 0) is 19.3 Å². The Morgan fingerprint density at radius 1 is 0.966 bits per heavy atom. The molecule has 12 heteroatoms. The van der Waals surface area contributed by atoms with Crippen LogP contribution in [0.4, 0.5) is 0 Å². The number of carboxylic acids is 1. The molecule has 0 aliphatic heterocycles. The molecule has 0 fully saturated rings. The Kier molecular flexibility index (Phi) is 11.5. The number of hydrogen-bond acceptors (Lipinski definition) is 7. The standard InChI is InChI=1S/C17H31N5O7/c1-4-8(2)13(21-12(25)7-18)15(26)22-14(9(3)23)16(27)20-10(17(28)29)5-6-11(19)24/h8-10,13-14,23H,4-7,18H2,1-3H3,(H2,19,24)(H,20,27)(H,21,25)(H,22,26)(H,28,29). The molecule has 4 amide bonds. The summed E-state index contributed by atoms with van der Waals surface area (Å²) in [7, 11) is 0. The van der Waals surface area contributed by atoms with E-state index in [1.54, 1.807) is 13.8 Å². The number of aliphatic carboxylic acids is 1. The van der Waals surface area contributed by atoms with Crippen LogP contribution in [0.3, 0.4) is 0 Å². The monoisotopic (exact) mass is 417 g/mol. The Balaban J connectivity index is 5.33. The van der Waals surface area contributed by atoms with Gasteiger partial charge in [-0.1, -0.05) is 20.3 Å². The lowest BCUT2D eigenvalue weighted by Crippen LogP contribution is -2.60. The maximum atomic E-state index is 12.6. The normalized spacial score (nSPS) is 15.9. The third-order valence-electron chi connectivity index (χ3n) is 4.35. The summed E-state index contributed by atoms with van der Waals surface area (Å²) in [6.45, 7) is 4.42. The predicted octanol–water partition coefficient (Wildman–Crippen LogP) is -2.82. The summed E-state index contributed by atoms with van der Waals surface area (Å²) in [6, 6.07) is -3.93. The molecule has 0 aromatic rings. The summed E-state index contributed by atoms with van der Waals surface area (Å²) in [5.74, 6) is -4.70. The molecule has 0 aromatic heterocycles. The van der Waals surface area contributed by atoms with Crippen molar-refractivity contribution in [3.63, 3.8) is 0 Å². The highest BCUT2D eigenvalue weighted by atomic mass is 16.4. The molecule has 0 rings (SSSR count). The second-order valence-electron chi connectivity index (χ2n) is 6.77. The number of nitrogens with two attached hydrogens (primary N) is 2. The quantitative estimate of drug-likeness (QED) is 0.165. The largest absolute Gasteiger partial charge is 0.480 e. The molecule has 0 saturated carbocycles. The Morgan fingerprint density at radius 2 is 1.52 bits per heavy atom. The number of rotatable bonds is 13. The summed E-state index contributed by atoms with van der Waals surface area (Å²) in [5.41, 5.74) is 10.2. The SMILES string of the molecule is CCC(C)C(NC(=O)CN)C(=O)NC(C(=O)NC(CCC(N)=O)C(=O)O)C(C)O. The molecule has 0 heterocycles. The van der Waals surface area contributed by atoms with Crippen molar-refractivity contribution >= 4 is 29.6 Å². The van der Waals surface area contributed by atoms with E-state index in [0.717, 1.165) is 0 Å². The van der Waals surface area contributed by atoms with Gasteiger partial charge in [-0.2, -0.15) is 0 Å². The molecule has 0 aliphatic rings. The Morgan fingerprint density at radius 3 is 1.93 bits per heavy atom. The third kappa shape index (κ3) is 9.34. The van der Waals surface area contributed by atoms with Crippen LogP contribution in [0.15, 0.2) is 0 Å². The molecule has 0 spiro atoms. The van der Waals surface area contributed by atoms with E-state index in [1.165, 1.54) is 6.92 Å². The molecule has 0 saturated heterocycles. The number of hydrogen-bond donors (Lipinski definition) is 7. The van der Waals surface area contributed by atoms with Crippen molar-refractivity contribution in [3.05, 3.63) is 0 Å². The van der Waals surface area contributed by atoms with Gasteiger partial charge in [0, 0.05) is 6.42 Å². The van der Waals surface area contributed by atoms with Crippen LogP contribution in [0.25, 0.3) is 0 Å². The number of primary amides is 1. The van der Waals surface area contributed by atoms with E-state index < -0.39 is 53.8 Å². The van der Waals surface area contributed by atoms with E-state index in [4.69, 9.17) is 11.5 Å². The molecule has 166 valence electrons. The van der Waals surface area contributed by atoms with E-state index in [0.29, 0.717) is 6.42 Å². The average molecular weight is 417 g/mol. The highest BCUT2D eigenvalue weighted by Crippen LogP contribution is 2.09. The van der Waals surface area contributed by atoms with Crippen LogP contribution < -0.4 is 27.4 Å². The maximum absolute atomic E-state index is 12.6. The van der Waals surface area contributed by atoms with Crippen LogP contribution in [-0.4, -0.2) is 70.6 Å². The van der Waals surface area contributed by atoms with E-state index in [-0.39, 0.29) is 25.3 Å². The maximum Gasteiger partial charge on any atom is 0.326 e. The molecular weight excluding hydrogens is 386 g/mol.